The highest BCUT2D eigenvalue weighted by Crippen LogP contribution is 2.27. The van der Waals surface area contributed by atoms with E-state index in [1.165, 1.54) is 18.2 Å². The van der Waals surface area contributed by atoms with Crippen LogP contribution in [0.25, 0.3) is 11.0 Å². The lowest BCUT2D eigenvalue weighted by atomic mass is 10.2. The van der Waals surface area contributed by atoms with Crippen LogP contribution in [0.3, 0.4) is 0 Å². The van der Waals surface area contributed by atoms with Gasteiger partial charge < -0.3 is 13.9 Å². The van der Waals surface area contributed by atoms with Crippen LogP contribution in [0.4, 0.5) is 0 Å². The number of esters is 1. The van der Waals surface area contributed by atoms with Gasteiger partial charge >= 0.3 is 11.6 Å². The second kappa shape index (κ2) is 6.95. The highest BCUT2D eigenvalue weighted by molar-refractivity contribution is 6.35. The van der Waals surface area contributed by atoms with Crippen LogP contribution < -0.4 is 15.1 Å². The Labute approximate surface area is 146 Å². The van der Waals surface area contributed by atoms with Crippen LogP contribution in [0, 0.1) is 0 Å². The van der Waals surface area contributed by atoms with Crippen molar-refractivity contribution in [2.75, 3.05) is 6.61 Å². The van der Waals surface area contributed by atoms with E-state index < -0.39 is 11.6 Å². The molecule has 0 unspecified atom stereocenters. The molecule has 3 rings (SSSR count). The monoisotopic (exact) mass is 364 g/mol. The van der Waals surface area contributed by atoms with E-state index in [0.717, 1.165) is 5.39 Å². The van der Waals surface area contributed by atoms with Gasteiger partial charge in [0.25, 0.3) is 0 Å². The molecule has 0 radical (unpaired) electrons. The summed E-state index contributed by atoms with van der Waals surface area (Å²) in [4.78, 5) is 23.1. The van der Waals surface area contributed by atoms with Gasteiger partial charge in [-0.3, -0.25) is 0 Å². The molecule has 5 nitrogen and oxygen atoms in total. The zero-order chi connectivity index (χ0) is 17.1. The first-order valence-electron chi connectivity index (χ1n) is 6.84. The second-order valence-corrected chi connectivity index (χ2v) is 5.64. The molecule has 1 heterocycles. The molecule has 0 atom stereocenters. The molecule has 0 fully saturated rings. The second-order valence-electron chi connectivity index (χ2n) is 4.79. The third-order valence-electron chi connectivity index (χ3n) is 3.07. The highest BCUT2D eigenvalue weighted by atomic mass is 35.5. The molecule has 0 aliphatic rings. The number of hydrogen-bond donors (Lipinski definition) is 0. The summed E-state index contributed by atoms with van der Waals surface area (Å²) >= 11 is 11.7. The topological polar surface area (TPSA) is 65.7 Å². The summed E-state index contributed by atoms with van der Waals surface area (Å²) in [6.07, 6.45) is 0. The molecular weight excluding hydrogens is 355 g/mol. The Morgan fingerprint density at radius 2 is 1.83 bits per heavy atom. The average molecular weight is 365 g/mol. The average Bonchev–Trinajstić information content (AvgIpc) is 2.53. The Kier molecular flexibility index (Phi) is 4.74. The lowest BCUT2D eigenvalue weighted by Gasteiger charge is -2.08. The maximum atomic E-state index is 11.9. The Hall–Kier alpha value is -2.50. The Balaban J connectivity index is 1.67. The van der Waals surface area contributed by atoms with E-state index in [9.17, 15) is 9.59 Å². The van der Waals surface area contributed by atoms with Gasteiger partial charge in [0.2, 0.25) is 0 Å². The van der Waals surface area contributed by atoms with Crippen molar-refractivity contribution in [3.05, 3.63) is 69.0 Å². The highest BCUT2D eigenvalue weighted by Gasteiger charge is 2.10. The predicted octanol–water partition coefficient (Wildman–Crippen LogP) is 4.08. The fourth-order valence-electron chi connectivity index (χ4n) is 1.99. The Morgan fingerprint density at radius 3 is 2.62 bits per heavy atom. The summed E-state index contributed by atoms with van der Waals surface area (Å²) in [5, 5.41) is 1.48. The third-order valence-corrected chi connectivity index (χ3v) is 3.60. The summed E-state index contributed by atoms with van der Waals surface area (Å²) < 4.78 is 15.5. The minimum absolute atomic E-state index is 0.243. The van der Waals surface area contributed by atoms with Gasteiger partial charge in [0.1, 0.15) is 17.1 Å². The number of carbonyl (C=O) groups is 1. The maximum Gasteiger partial charge on any atom is 0.349 e. The van der Waals surface area contributed by atoms with Crippen LogP contribution in [0.15, 0.2) is 57.7 Å². The van der Waals surface area contributed by atoms with Crippen LogP contribution in [-0.2, 0) is 4.79 Å². The molecule has 0 amide bonds. The number of carbonyl (C=O) groups excluding carboxylic acids is 1. The summed E-state index contributed by atoms with van der Waals surface area (Å²) in [5.74, 6) is -0.0613. The SMILES string of the molecule is O=C(COc1ccc(Cl)cc1Cl)Oc1ccc2ccc(=O)oc2c1. The summed E-state index contributed by atoms with van der Waals surface area (Å²) in [6, 6.07) is 12.3. The quantitative estimate of drug-likeness (QED) is 0.396. The minimum atomic E-state index is -0.626. The summed E-state index contributed by atoms with van der Waals surface area (Å²) in [5.41, 5.74) is -0.152. The van der Waals surface area contributed by atoms with Gasteiger partial charge in [0.15, 0.2) is 6.61 Å². The van der Waals surface area contributed by atoms with E-state index in [-0.39, 0.29) is 12.4 Å². The predicted molar refractivity (Wildman–Crippen MR) is 90.1 cm³/mol. The van der Waals surface area contributed by atoms with Crippen molar-refractivity contribution in [1.82, 2.24) is 0 Å². The zero-order valence-corrected chi connectivity index (χ0v) is 13.6. The van der Waals surface area contributed by atoms with E-state index in [4.69, 9.17) is 37.1 Å². The van der Waals surface area contributed by atoms with Gasteiger partial charge in [-0.25, -0.2) is 9.59 Å². The minimum Gasteiger partial charge on any atom is -0.480 e. The van der Waals surface area contributed by atoms with Gasteiger partial charge in [0, 0.05) is 22.5 Å². The first-order valence-corrected chi connectivity index (χ1v) is 7.59. The van der Waals surface area contributed by atoms with E-state index in [1.807, 2.05) is 0 Å². The molecule has 0 aliphatic carbocycles. The molecule has 122 valence electrons. The van der Waals surface area contributed by atoms with Crippen LogP contribution in [0.1, 0.15) is 0 Å². The number of fused-ring (bicyclic) bond motifs is 1. The fourth-order valence-corrected chi connectivity index (χ4v) is 2.46. The van der Waals surface area contributed by atoms with Crippen molar-refractivity contribution in [1.29, 1.82) is 0 Å². The molecule has 0 saturated carbocycles. The molecule has 0 bridgehead atoms. The van der Waals surface area contributed by atoms with Gasteiger partial charge in [0.05, 0.1) is 5.02 Å². The third kappa shape index (κ3) is 3.88. The molecule has 0 spiro atoms. The Morgan fingerprint density at radius 1 is 1.04 bits per heavy atom. The number of benzene rings is 2. The standard InChI is InChI=1S/C17H10Cl2O5/c18-11-3-5-14(13(19)7-11)22-9-17(21)23-12-4-1-10-2-6-16(20)24-15(10)8-12/h1-8H,9H2. The maximum absolute atomic E-state index is 11.9. The molecule has 1 aromatic heterocycles. The zero-order valence-electron chi connectivity index (χ0n) is 12.1. The number of hydrogen-bond acceptors (Lipinski definition) is 5. The molecule has 24 heavy (non-hydrogen) atoms. The van der Waals surface area contributed by atoms with E-state index in [0.29, 0.717) is 21.4 Å². The van der Waals surface area contributed by atoms with Crippen molar-refractivity contribution in [2.24, 2.45) is 0 Å². The lowest BCUT2D eigenvalue weighted by molar-refractivity contribution is -0.136. The van der Waals surface area contributed by atoms with Crippen LogP contribution in [0.5, 0.6) is 11.5 Å². The van der Waals surface area contributed by atoms with Gasteiger partial charge in [-0.2, -0.15) is 0 Å². The number of ether oxygens (including phenoxy) is 2. The molecule has 2 aromatic carbocycles. The number of halogens is 2. The van der Waals surface area contributed by atoms with E-state index in [2.05, 4.69) is 0 Å². The first-order chi connectivity index (χ1) is 11.5. The first kappa shape index (κ1) is 16.4. The van der Waals surface area contributed by atoms with Crippen molar-refractivity contribution in [3.8, 4) is 11.5 Å². The number of rotatable bonds is 4. The molecular formula is C17H10Cl2O5. The molecule has 0 aliphatic heterocycles. The van der Waals surface area contributed by atoms with Crippen LogP contribution in [0.2, 0.25) is 10.0 Å². The van der Waals surface area contributed by atoms with E-state index >= 15 is 0 Å². The van der Waals surface area contributed by atoms with Crippen molar-refractivity contribution < 1.29 is 18.7 Å². The van der Waals surface area contributed by atoms with Gasteiger partial charge in [-0.05, 0) is 36.4 Å². The lowest BCUT2D eigenvalue weighted by Crippen LogP contribution is -2.17. The van der Waals surface area contributed by atoms with Crippen LogP contribution >= 0.6 is 23.2 Å². The normalized spacial score (nSPS) is 10.6. The molecule has 7 heteroatoms. The van der Waals surface area contributed by atoms with Crippen molar-refractivity contribution in [3.63, 3.8) is 0 Å². The van der Waals surface area contributed by atoms with Crippen molar-refractivity contribution in [2.45, 2.75) is 0 Å². The summed E-state index contributed by atoms with van der Waals surface area (Å²) in [7, 11) is 0. The molecule has 0 saturated heterocycles. The Bertz CT molecular complexity index is 965. The van der Waals surface area contributed by atoms with Crippen molar-refractivity contribution >= 4 is 40.1 Å². The molecule has 3 aromatic rings. The van der Waals surface area contributed by atoms with Crippen LogP contribution in [-0.4, -0.2) is 12.6 Å². The molecule has 0 N–H and O–H groups in total. The largest absolute Gasteiger partial charge is 0.480 e. The van der Waals surface area contributed by atoms with E-state index in [1.54, 1.807) is 30.3 Å². The fraction of sp³-hybridized carbons (Fsp3) is 0.0588. The van der Waals surface area contributed by atoms with Gasteiger partial charge in [-0.15, -0.1) is 0 Å². The van der Waals surface area contributed by atoms with Gasteiger partial charge in [-0.1, -0.05) is 23.2 Å². The smallest absolute Gasteiger partial charge is 0.349 e. The summed E-state index contributed by atoms with van der Waals surface area (Å²) in [6.45, 7) is -0.335.